The monoisotopic (exact) mass is 844 g/mol. The van der Waals surface area contributed by atoms with Gasteiger partial charge in [0.25, 0.3) is 0 Å². The minimum atomic E-state index is -1.60. The molecule has 7 atom stereocenters. The maximum Gasteiger partial charge on any atom is 0.306 e. The highest BCUT2D eigenvalue weighted by atomic mass is 32.2. The van der Waals surface area contributed by atoms with Gasteiger partial charge in [0, 0.05) is 24.3 Å². The molecule has 16 heteroatoms. The van der Waals surface area contributed by atoms with Crippen molar-refractivity contribution in [1.82, 2.24) is 15.0 Å². The van der Waals surface area contributed by atoms with Crippen molar-refractivity contribution in [3.8, 4) is 0 Å². The lowest BCUT2D eigenvalue weighted by Crippen LogP contribution is -2.56. The van der Waals surface area contributed by atoms with Crippen molar-refractivity contribution in [3.05, 3.63) is 6.20 Å². The molecular weight excluding hydrogens is 767 g/mol. The third kappa shape index (κ3) is 22.3. The highest BCUT2D eigenvalue weighted by Gasteiger charge is 2.44. The molecule has 336 valence electrons. The second-order valence-electron chi connectivity index (χ2n) is 15.8. The number of amides is 1. The molecule has 0 aliphatic carbocycles. The van der Waals surface area contributed by atoms with Crippen LogP contribution in [0, 0.1) is 0 Å². The van der Waals surface area contributed by atoms with Crippen LogP contribution in [0.25, 0.3) is 0 Å². The fraction of sp³-hybridized carbons (Fsp3) is 0.881. The second kappa shape index (κ2) is 32.4. The number of carbonyl (C=O) groups is 3. The van der Waals surface area contributed by atoms with Crippen LogP contribution in [0.4, 0.5) is 5.82 Å². The number of thioether (sulfide) groups is 1. The molecule has 15 nitrogen and oxygen atoms in total. The number of carbonyl (C=O) groups excluding carboxylic acids is 3. The van der Waals surface area contributed by atoms with Crippen molar-refractivity contribution < 1.29 is 49.0 Å². The number of aromatic nitrogens is 3. The van der Waals surface area contributed by atoms with Crippen molar-refractivity contribution >= 4 is 35.4 Å². The van der Waals surface area contributed by atoms with Crippen LogP contribution >= 0.6 is 11.8 Å². The van der Waals surface area contributed by atoms with Gasteiger partial charge in [-0.2, -0.15) is 11.8 Å². The maximum absolute atomic E-state index is 12.9. The maximum atomic E-state index is 12.9. The Balaban J connectivity index is 1.78. The van der Waals surface area contributed by atoms with E-state index in [0.29, 0.717) is 6.42 Å². The Morgan fingerprint density at radius 3 is 1.78 bits per heavy atom. The van der Waals surface area contributed by atoms with Gasteiger partial charge in [-0.1, -0.05) is 147 Å². The minimum Gasteiger partial charge on any atom is -0.462 e. The summed E-state index contributed by atoms with van der Waals surface area (Å²) in [7, 11) is 0. The summed E-state index contributed by atoms with van der Waals surface area (Å²) in [5.41, 5.74) is 6.16. The predicted octanol–water partition coefficient (Wildman–Crippen LogP) is 6.11. The average Bonchev–Trinajstić information content (AvgIpc) is 3.68. The predicted molar refractivity (Wildman–Crippen MR) is 226 cm³/mol. The molecule has 0 spiro atoms. The summed E-state index contributed by atoms with van der Waals surface area (Å²) in [5, 5.41) is 50.2. The van der Waals surface area contributed by atoms with Gasteiger partial charge in [-0.25, -0.2) is 4.68 Å². The third-order valence-corrected chi connectivity index (χ3v) is 11.7. The van der Waals surface area contributed by atoms with Crippen LogP contribution in [0.1, 0.15) is 174 Å². The van der Waals surface area contributed by atoms with Gasteiger partial charge in [0.05, 0.1) is 18.8 Å². The van der Waals surface area contributed by atoms with Crippen molar-refractivity contribution in [1.29, 1.82) is 0 Å². The van der Waals surface area contributed by atoms with Crippen molar-refractivity contribution in [2.45, 2.75) is 211 Å². The Morgan fingerprint density at radius 2 is 1.26 bits per heavy atom. The number of rotatable bonds is 35. The molecule has 2 rings (SSSR count). The van der Waals surface area contributed by atoms with E-state index >= 15 is 0 Å². The Bertz CT molecular complexity index is 1230. The van der Waals surface area contributed by atoms with Crippen molar-refractivity contribution in [3.63, 3.8) is 0 Å². The first-order chi connectivity index (χ1) is 28.1. The summed E-state index contributed by atoms with van der Waals surface area (Å²) < 4.78 is 17.8. The van der Waals surface area contributed by atoms with Gasteiger partial charge < -0.3 is 45.7 Å². The zero-order valence-corrected chi connectivity index (χ0v) is 36.3. The minimum absolute atomic E-state index is 0.00124. The van der Waals surface area contributed by atoms with E-state index in [0.717, 1.165) is 43.2 Å². The van der Waals surface area contributed by atoms with Crippen LogP contribution in [0.5, 0.6) is 0 Å². The van der Waals surface area contributed by atoms with Crippen LogP contribution < -0.4 is 11.1 Å². The molecule has 1 aromatic rings. The van der Waals surface area contributed by atoms with E-state index in [1.54, 1.807) is 0 Å². The van der Waals surface area contributed by atoms with Gasteiger partial charge in [-0.05, 0) is 12.8 Å². The van der Waals surface area contributed by atoms with Gasteiger partial charge >= 0.3 is 11.9 Å². The summed E-state index contributed by atoms with van der Waals surface area (Å²) in [6, 6.07) is -0.987. The number of aliphatic hydroxyl groups is 4. The van der Waals surface area contributed by atoms with Gasteiger partial charge in [0.15, 0.2) is 12.0 Å². The Hall–Kier alpha value is -2.34. The molecule has 58 heavy (non-hydrogen) atoms. The quantitative estimate of drug-likeness (QED) is 0.0335. The number of esters is 2. The Kier molecular flexibility index (Phi) is 29.0. The number of hydrogen-bond donors (Lipinski definition) is 6. The first-order valence-electron chi connectivity index (χ1n) is 22.3. The number of anilines is 1. The molecular formula is C42H77N5O10S. The number of hydrogen-bond acceptors (Lipinski definition) is 14. The van der Waals surface area contributed by atoms with Gasteiger partial charge in [-0.3, -0.25) is 14.4 Å². The Morgan fingerprint density at radius 1 is 0.759 bits per heavy atom. The zero-order chi connectivity index (χ0) is 42.4. The van der Waals surface area contributed by atoms with Crippen LogP contribution in [0.2, 0.25) is 0 Å². The lowest BCUT2D eigenvalue weighted by molar-refractivity contribution is -0.254. The molecule has 1 aliphatic rings. The molecule has 1 aliphatic heterocycles. The standard InChI is InChI=1S/C42H77N5O10S/c1-3-5-7-9-11-13-15-17-19-21-23-25-36(49)55-29-32(56-37(50)26-24-22-20-18-16-14-12-10-8-6-4-2)30-58-31-33(43)41(54)44-35-27-47(46-45-35)42-40(53)39(52)38(51)34(28-48)57-42/h27,32-34,38-40,42,48,51-53H,3-26,28-31,43H2,1-2H3,(H,44,54)/t32-,33-,34?,38?,39?,40?,42?/m1/s1. The average molecular weight is 844 g/mol. The van der Waals surface area contributed by atoms with Crippen molar-refractivity contribution in [2.75, 3.05) is 30.0 Å². The lowest BCUT2D eigenvalue weighted by Gasteiger charge is -2.39. The van der Waals surface area contributed by atoms with Crippen molar-refractivity contribution in [2.24, 2.45) is 5.73 Å². The van der Waals surface area contributed by atoms with Crippen LogP contribution in [0.3, 0.4) is 0 Å². The van der Waals surface area contributed by atoms with Gasteiger partial charge in [0.1, 0.15) is 37.1 Å². The number of aliphatic hydroxyl groups excluding tert-OH is 4. The highest BCUT2D eigenvalue weighted by Crippen LogP contribution is 2.28. The molecule has 0 saturated carbocycles. The number of ether oxygens (including phenoxy) is 3. The normalized spacial score (nSPS) is 20.4. The molecule has 7 N–H and O–H groups in total. The number of unbranched alkanes of at least 4 members (excludes halogenated alkanes) is 20. The first-order valence-corrected chi connectivity index (χ1v) is 23.5. The van der Waals surface area contributed by atoms with E-state index in [-0.39, 0.29) is 42.3 Å². The number of nitrogens with zero attached hydrogens (tertiary/aromatic N) is 3. The summed E-state index contributed by atoms with van der Waals surface area (Å²) in [6.45, 7) is 3.78. The van der Waals surface area contributed by atoms with E-state index in [1.807, 2.05) is 0 Å². The van der Waals surface area contributed by atoms with Crippen LogP contribution in [-0.2, 0) is 28.6 Å². The first kappa shape index (κ1) is 51.8. The summed E-state index contributed by atoms with van der Waals surface area (Å²) in [4.78, 5) is 38.3. The molecule has 1 aromatic heterocycles. The van der Waals surface area contributed by atoms with Gasteiger partial charge in [0.2, 0.25) is 5.91 Å². The van der Waals surface area contributed by atoms with E-state index in [1.165, 1.54) is 121 Å². The molecule has 5 unspecified atom stereocenters. The smallest absolute Gasteiger partial charge is 0.306 e. The SMILES string of the molecule is CCCCCCCCCCCCCC(=O)OC[C@H](CSC[C@@H](N)C(=O)Nc1cn(C2OC(CO)C(O)C(O)C2O)nn1)OC(=O)CCCCCCCCCCCCC. The van der Waals surface area contributed by atoms with E-state index < -0.39 is 55.3 Å². The molecule has 1 amide bonds. The summed E-state index contributed by atoms with van der Waals surface area (Å²) in [6.07, 6.45) is 20.0. The summed E-state index contributed by atoms with van der Waals surface area (Å²) >= 11 is 1.29. The summed E-state index contributed by atoms with van der Waals surface area (Å²) in [5.74, 6) is -0.804. The molecule has 1 fully saturated rings. The number of nitrogens with two attached hydrogens (primary N) is 1. The molecule has 0 aromatic carbocycles. The Labute approximate surface area is 351 Å². The largest absolute Gasteiger partial charge is 0.462 e. The fourth-order valence-corrected chi connectivity index (χ4v) is 7.83. The lowest BCUT2D eigenvalue weighted by atomic mass is 9.98. The second-order valence-corrected chi connectivity index (χ2v) is 16.9. The molecule has 0 bridgehead atoms. The molecule has 1 saturated heterocycles. The van der Waals surface area contributed by atoms with E-state index in [2.05, 4.69) is 29.5 Å². The number of nitrogens with one attached hydrogen (secondary N) is 1. The topological polar surface area (TPSA) is 229 Å². The highest BCUT2D eigenvalue weighted by molar-refractivity contribution is 7.99. The zero-order valence-electron chi connectivity index (χ0n) is 35.5. The van der Waals surface area contributed by atoms with Gasteiger partial charge in [-0.15, -0.1) is 5.10 Å². The van der Waals surface area contributed by atoms with E-state index in [9.17, 15) is 34.8 Å². The molecule has 2 heterocycles. The van der Waals surface area contributed by atoms with Crippen LogP contribution in [-0.4, -0.2) is 115 Å². The van der Waals surface area contributed by atoms with Crippen LogP contribution in [0.15, 0.2) is 6.20 Å². The fourth-order valence-electron chi connectivity index (χ4n) is 6.87. The molecule has 0 radical (unpaired) electrons. The third-order valence-electron chi connectivity index (χ3n) is 10.5. The van der Waals surface area contributed by atoms with E-state index in [4.69, 9.17) is 19.9 Å².